The van der Waals surface area contributed by atoms with Gasteiger partial charge in [-0.25, -0.2) is 4.90 Å². The van der Waals surface area contributed by atoms with Crippen LogP contribution < -0.4 is 15.0 Å². The third kappa shape index (κ3) is 3.18. The molecule has 0 unspecified atom stereocenters. The molecular weight excluding hydrogens is 404 g/mol. The van der Waals surface area contributed by atoms with Crippen molar-refractivity contribution in [2.24, 2.45) is 0 Å². The zero-order valence-corrected chi connectivity index (χ0v) is 17.2. The minimum Gasteiger partial charge on any atom is -0.497 e. The lowest BCUT2D eigenvalue weighted by atomic mass is 10.0. The van der Waals surface area contributed by atoms with Crippen molar-refractivity contribution in [2.45, 2.75) is 0 Å². The number of methoxy groups -OCH3 is 1. The molecule has 156 valence electrons. The van der Waals surface area contributed by atoms with E-state index in [-0.39, 0.29) is 5.91 Å². The molecule has 0 atom stereocenters. The topological polar surface area (TPSA) is 75.7 Å². The predicted octanol–water partition coefficient (Wildman–Crippen LogP) is 4.90. The average Bonchev–Trinajstić information content (AvgIpc) is 3.07. The summed E-state index contributed by atoms with van der Waals surface area (Å²) >= 11 is 0. The summed E-state index contributed by atoms with van der Waals surface area (Å²) in [7, 11) is 1.55. The number of nitrogens with zero attached hydrogens (tertiary/aromatic N) is 1. The summed E-state index contributed by atoms with van der Waals surface area (Å²) in [5, 5.41) is 4.59. The highest BCUT2D eigenvalue weighted by Gasteiger charge is 2.38. The molecule has 0 saturated heterocycles. The van der Waals surface area contributed by atoms with E-state index in [1.807, 2.05) is 24.3 Å². The number of para-hydroxylation sites is 2. The van der Waals surface area contributed by atoms with Gasteiger partial charge < -0.3 is 10.1 Å². The number of imide groups is 1. The van der Waals surface area contributed by atoms with E-state index in [4.69, 9.17) is 4.74 Å². The number of anilines is 2. The number of benzene rings is 4. The van der Waals surface area contributed by atoms with Crippen LogP contribution in [0.2, 0.25) is 0 Å². The summed E-state index contributed by atoms with van der Waals surface area (Å²) in [6, 6.07) is 24.5. The lowest BCUT2D eigenvalue weighted by Gasteiger charge is -2.18. The van der Waals surface area contributed by atoms with Crippen molar-refractivity contribution in [3.05, 3.63) is 102 Å². The molecule has 0 spiro atoms. The smallest absolute Gasteiger partial charge is 0.266 e. The van der Waals surface area contributed by atoms with Crippen LogP contribution in [0.15, 0.2) is 84.9 Å². The SMILES string of the molecule is COc1ccc(C(=O)Nc2ccccc2N2C(=O)c3cc4ccccc4cc3C2=O)cc1. The highest BCUT2D eigenvalue weighted by molar-refractivity contribution is 6.36. The fraction of sp³-hybridized carbons (Fsp3) is 0.0385. The quantitative estimate of drug-likeness (QED) is 0.475. The van der Waals surface area contributed by atoms with Crippen molar-refractivity contribution in [1.82, 2.24) is 0 Å². The zero-order chi connectivity index (χ0) is 22.2. The molecule has 1 aliphatic rings. The molecule has 5 rings (SSSR count). The van der Waals surface area contributed by atoms with Crippen LogP contribution in [-0.4, -0.2) is 24.8 Å². The minimum absolute atomic E-state index is 0.324. The molecule has 0 radical (unpaired) electrons. The number of fused-ring (bicyclic) bond motifs is 2. The Kier molecular flexibility index (Phi) is 4.67. The van der Waals surface area contributed by atoms with E-state index in [0.717, 1.165) is 15.7 Å². The molecule has 1 heterocycles. The first-order valence-corrected chi connectivity index (χ1v) is 10.0. The second-order valence-electron chi connectivity index (χ2n) is 7.39. The Bertz CT molecular complexity index is 1340. The van der Waals surface area contributed by atoms with Crippen molar-refractivity contribution >= 4 is 39.9 Å². The van der Waals surface area contributed by atoms with Gasteiger partial charge in [-0.3, -0.25) is 14.4 Å². The second-order valence-corrected chi connectivity index (χ2v) is 7.39. The van der Waals surface area contributed by atoms with E-state index in [1.165, 1.54) is 0 Å². The number of hydrogen-bond acceptors (Lipinski definition) is 4. The highest BCUT2D eigenvalue weighted by atomic mass is 16.5. The number of hydrogen-bond donors (Lipinski definition) is 1. The Morgan fingerprint density at radius 2 is 1.34 bits per heavy atom. The molecule has 4 aromatic rings. The van der Waals surface area contributed by atoms with Crippen LogP contribution >= 0.6 is 0 Å². The standard InChI is InChI=1S/C26H18N2O4/c1-32-19-12-10-16(11-13-19)24(29)27-22-8-4-5-9-23(22)28-25(30)20-14-17-6-2-3-7-18(17)15-21(20)26(28)31/h2-15H,1H3,(H,27,29). The van der Waals surface area contributed by atoms with Crippen LogP contribution in [0, 0.1) is 0 Å². The molecular formula is C26H18N2O4. The molecule has 3 amide bonds. The average molecular weight is 422 g/mol. The molecule has 0 saturated carbocycles. The maximum atomic E-state index is 13.2. The van der Waals surface area contributed by atoms with Crippen LogP contribution in [0.25, 0.3) is 10.8 Å². The zero-order valence-electron chi connectivity index (χ0n) is 17.2. The van der Waals surface area contributed by atoms with Gasteiger partial charge >= 0.3 is 0 Å². The van der Waals surface area contributed by atoms with Gasteiger partial charge in [0.1, 0.15) is 5.75 Å². The van der Waals surface area contributed by atoms with Gasteiger partial charge in [0.15, 0.2) is 0 Å². The van der Waals surface area contributed by atoms with Gasteiger partial charge in [-0.05, 0) is 59.3 Å². The lowest BCUT2D eigenvalue weighted by Crippen LogP contribution is -2.30. The highest BCUT2D eigenvalue weighted by Crippen LogP contribution is 2.35. The largest absolute Gasteiger partial charge is 0.497 e. The first-order valence-electron chi connectivity index (χ1n) is 10.0. The number of nitrogens with one attached hydrogen (secondary N) is 1. The maximum absolute atomic E-state index is 13.2. The van der Waals surface area contributed by atoms with Crippen molar-refractivity contribution in [3.63, 3.8) is 0 Å². The monoisotopic (exact) mass is 422 g/mol. The lowest BCUT2D eigenvalue weighted by molar-refractivity contribution is 0.0924. The van der Waals surface area contributed by atoms with Crippen molar-refractivity contribution in [2.75, 3.05) is 17.3 Å². The summed E-state index contributed by atoms with van der Waals surface area (Å²) < 4.78 is 5.12. The van der Waals surface area contributed by atoms with E-state index in [9.17, 15) is 14.4 Å². The van der Waals surface area contributed by atoms with Crippen LogP contribution in [-0.2, 0) is 0 Å². The molecule has 4 aromatic carbocycles. The maximum Gasteiger partial charge on any atom is 0.266 e. The van der Waals surface area contributed by atoms with Gasteiger partial charge in [-0.2, -0.15) is 0 Å². The first-order chi connectivity index (χ1) is 15.6. The van der Waals surface area contributed by atoms with Crippen LogP contribution in [0.4, 0.5) is 11.4 Å². The van der Waals surface area contributed by atoms with Gasteiger partial charge in [-0.1, -0.05) is 36.4 Å². The van der Waals surface area contributed by atoms with E-state index >= 15 is 0 Å². The molecule has 0 fully saturated rings. The molecule has 1 aliphatic heterocycles. The van der Waals surface area contributed by atoms with Gasteiger partial charge in [0.05, 0.1) is 29.6 Å². The second kappa shape index (κ2) is 7.67. The van der Waals surface area contributed by atoms with Gasteiger partial charge in [0.25, 0.3) is 17.7 Å². The summed E-state index contributed by atoms with van der Waals surface area (Å²) in [5.41, 5.74) is 1.82. The van der Waals surface area contributed by atoms with Crippen LogP contribution in [0.5, 0.6) is 5.75 Å². The molecule has 0 aromatic heterocycles. The van der Waals surface area contributed by atoms with E-state index < -0.39 is 11.8 Å². The summed E-state index contributed by atoms with van der Waals surface area (Å²) in [5.74, 6) is -0.549. The summed E-state index contributed by atoms with van der Waals surface area (Å²) in [4.78, 5) is 40.3. The summed E-state index contributed by atoms with van der Waals surface area (Å²) in [6.45, 7) is 0. The number of rotatable bonds is 4. The van der Waals surface area contributed by atoms with Gasteiger partial charge in [-0.15, -0.1) is 0 Å². The Labute approximate surface area is 184 Å². The fourth-order valence-corrected chi connectivity index (χ4v) is 3.86. The molecule has 32 heavy (non-hydrogen) atoms. The third-order valence-corrected chi connectivity index (χ3v) is 5.50. The van der Waals surface area contributed by atoms with Crippen molar-refractivity contribution in [3.8, 4) is 5.75 Å². The third-order valence-electron chi connectivity index (χ3n) is 5.50. The minimum atomic E-state index is -0.415. The molecule has 1 N–H and O–H groups in total. The number of amides is 3. The Hall–Kier alpha value is -4.45. The van der Waals surface area contributed by atoms with E-state index in [1.54, 1.807) is 67.8 Å². The molecule has 6 heteroatoms. The normalized spacial score (nSPS) is 12.7. The van der Waals surface area contributed by atoms with Crippen molar-refractivity contribution in [1.29, 1.82) is 0 Å². The Morgan fingerprint density at radius 3 is 1.94 bits per heavy atom. The predicted molar refractivity (Wildman–Crippen MR) is 122 cm³/mol. The van der Waals surface area contributed by atoms with E-state index in [0.29, 0.717) is 33.8 Å². The van der Waals surface area contributed by atoms with Gasteiger partial charge in [0.2, 0.25) is 0 Å². The Balaban J connectivity index is 1.50. The number of carbonyl (C=O) groups is 3. The molecule has 0 aliphatic carbocycles. The van der Waals surface area contributed by atoms with Crippen LogP contribution in [0.1, 0.15) is 31.1 Å². The van der Waals surface area contributed by atoms with Crippen molar-refractivity contribution < 1.29 is 19.1 Å². The first kappa shape index (κ1) is 19.5. The van der Waals surface area contributed by atoms with E-state index in [2.05, 4.69) is 5.32 Å². The summed E-state index contributed by atoms with van der Waals surface area (Å²) in [6.07, 6.45) is 0. The number of ether oxygens (including phenoxy) is 1. The van der Waals surface area contributed by atoms with Crippen LogP contribution in [0.3, 0.4) is 0 Å². The fourth-order valence-electron chi connectivity index (χ4n) is 3.86. The molecule has 6 nitrogen and oxygen atoms in total. The van der Waals surface area contributed by atoms with Gasteiger partial charge in [0, 0.05) is 5.56 Å². The molecule has 0 bridgehead atoms. The number of carbonyl (C=O) groups excluding carboxylic acids is 3. The Morgan fingerprint density at radius 1 is 0.781 bits per heavy atom.